The van der Waals surface area contributed by atoms with Crippen molar-refractivity contribution in [3.8, 4) is 0 Å². The average Bonchev–Trinajstić information content (AvgIpc) is 2.21. The van der Waals surface area contributed by atoms with E-state index in [1.807, 2.05) is 70.5 Å². The van der Waals surface area contributed by atoms with E-state index in [2.05, 4.69) is 0 Å². The minimum Gasteiger partial charge on any atom is -1.00 e. The van der Waals surface area contributed by atoms with Crippen molar-refractivity contribution in [1.29, 1.82) is 0 Å². The minimum atomic E-state index is 0. The van der Waals surface area contributed by atoms with Gasteiger partial charge in [-0.25, -0.2) is 0 Å². The molecule has 0 atom stereocenters. The molecule has 0 saturated carbocycles. The number of hydrogen-bond donors (Lipinski definition) is 0. The quantitative estimate of drug-likeness (QED) is 0.458. The zero-order valence-electron chi connectivity index (χ0n) is 7.42. The molecule has 0 fully saturated rings. The summed E-state index contributed by atoms with van der Waals surface area (Å²) in [5.41, 5.74) is 0. The molecule has 0 unspecified atom stereocenters. The predicted molar refractivity (Wildman–Crippen MR) is 44.1 cm³/mol. The van der Waals surface area contributed by atoms with Crippen LogP contribution in [0.4, 0.5) is 0 Å². The second kappa shape index (κ2) is 6.51. The van der Waals surface area contributed by atoms with E-state index in [1.54, 1.807) is 0 Å². The fourth-order valence-corrected chi connectivity index (χ4v) is 1.09. The molecule has 0 aliphatic carbocycles. The van der Waals surface area contributed by atoms with Crippen LogP contribution in [0.1, 0.15) is 0 Å². The molecule has 0 N–H and O–H groups in total. The molecule has 0 radical (unpaired) electrons. The molecule has 4 heteroatoms. The molecule has 74 valence electrons. The summed E-state index contributed by atoms with van der Waals surface area (Å²) in [5.74, 6) is 0. The summed E-state index contributed by atoms with van der Waals surface area (Å²) in [7, 11) is 0. The number of rotatable bonds is 1. The lowest BCUT2D eigenvalue weighted by molar-refractivity contribution is -1.30. The molecule has 0 saturated heterocycles. The van der Waals surface area contributed by atoms with Gasteiger partial charge in [-0.15, -0.1) is 0 Å². The van der Waals surface area contributed by atoms with Gasteiger partial charge in [0.05, 0.1) is 9.35 Å². The highest BCUT2D eigenvalue weighted by molar-refractivity contribution is 4.84. The maximum Gasteiger partial charge on any atom is 0.242 e. The van der Waals surface area contributed by atoms with Crippen LogP contribution >= 0.6 is 0 Å². The topological polar surface area (TPSA) is 7.76 Å². The molecule has 2 aromatic heterocycles. The smallest absolute Gasteiger partial charge is 0.242 e. The molecule has 0 amide bonds. The first kappa shape index (κ1) is 13.1. The number of aromatic nitrogens is 2. The fourth-order valence-electron chi connectivity index (χ4n) is 1.09. The third-order valence-corrected chi connectivity index (χ3v) is 1.67. The van der Waals surface area contributed by atoms with Crippen LogP contribution in [0.25, 0.3) is 0 Å². The molecule has 2 nitrogen and oxygen atoms in total. The molecule has 14 heavy (non-hydrogen) atoms. The van der Waals surface area contributed by atoms with E-state index in [0.29, 0.717) is 0 Å². The van der Waals surface area contributed by atoms with E-state index in [4.69, 9.17) is 0 Å². The first-order valence-electron chi connectivity index (χ1n) is 3.90. The second-order valence-corrected chi connectivity index (χ2v) is 2.51. The highest BCUT2D eigenvalue weighted by Crippen LogP contribution is 1.76. The second-order valence-electron chi connectivity index (χ2n) is 2.51. The first-order valence-corrected chi connectivity index (χ1v) is 3.90. The van der Waals surface area contributed by atoms with Crippen molar-refractivity contribution in [3.05, 3.63) is 61.2 Å². The van der Waals surface area contributed by atoms with Gasteiger partial charge in [-0.2, -0.15) is 0 Å². The van der Waals surface area contributed by atoms with E-state index in [9.17, 15) is 0 Å². The van der Waals surface area contributed by atoms with E-state index < -0.39 is 0 Å². The lowest BCUT2D eigenvalue weighted by Gasteiger charge is -1.84. The third kappa shape index (κ3) is 3.09. The van der Waals surface area contributed by atoms with E-state index in [1.165, 1.54) is 0 Å². The van der Waals surface area contributed by atoms with E-state index in [-0.39, 0.29) is 29.4 Å². The zero-order chi connectivity index (χ0) is 8.23. The highest BCUT2D eigenvalue weighted by Gasteiger charge is 2.06. The first-order chi connectivity index (χ1) is 5.97. The van der Waals surface area contributed by atoms with Crippen LogP contribution in [0.3, 0.4) is 0 Å². The Balaban J connectivity index is 0.000000845. The van der Waals surface area contributed by atoms with Crippen molar-refractivity contribution in [2.24, 2.45) is 0 Å². The Morgan fingerprint density at radius 3 is 1.07 bits per heavy atom. The lowest BCUT2D eigenvalue weighted by Crippen LogP contribution is -3.00. The van der Waals surface area contributed by atoms with Crippen molar-refractivity contribution < 1.29 is 38.7 Å². The van der Waals surface area contributed by atoms with Gasteiger partial charge in [0, 0.05) is 24.3 Å². The number of pyridine rings is 2. The Morgan fingerprint density at radius 1 is 0.500 bits per heavy atom. The van der Waals surface area contributed by atoms with Crippen LogP contribution in [0.2, 0.25) is 0 Å². The minimum absolute atomic E-state index is 0. The van der Waals surface area contributed by atoms with Crippen LogP contribution in [0.15, 0.2) is 61.2 Å². The Kier molecular flexibility index (Phi) is 6.08. The van der Waals surface area contributed by atoms with Gasteiger partial charge in [0.1, 0.15) is 0 Å². The summed E-state index contributed by atoms with van der Waals surface area (Å²) in [6.07, 6.45) is 8.00. The van der Waals surface area contributed by atoms with Gasteiger partial charge >= 0.3 is 0 Å². The van der Waals surface area contributed by atoms with Gasteiger partial charge in [-0.05, 0) is 12.1 Å². The van der Waals surface area contributed by atoms with Crippen molar-refractivity contribution >= 4 is 0 Å². The van der Waals surface area contributed by atoms with Crippen molar-refractivity contribution in [1.82, 2.24) is 0 Å². The molecule has 0 bridgehead atoms. The summed E-state index contributed by atoms with van der Waals surface area (Å²) < 4.78 is 4.00. The maximum absolute atomic E-state index is 2.00. The van der Waals surface area contributed by atoms with Gasteiger partial charge < -0.3 is 29.4 Å². The van der Waals surface area contributed by atoms with Gasteiger partial charge in [0.15, 0.2) is 0 Å². The molecule has 2 aromatic rings. The van der Waals surface area contributed by atoms with E-state index in [0.717, 1.165) is 0 Å². The largest absolute Gasteiger partial charge is 1.00 e. The average molecular weight is 274 g/mol. The van der Waals surface area contributed by atoms with E-state index >= 15 is 0 Å². The lowest BCUT2D eigenvalue weighted by atomic mass is 10.5. The Bertz CT molecular complexity index is 316. The molecule has 2 heterocycles. The highest BCUT2D eigenvalue weighted by atomic mass is 79.9. The van der Waals surface area contributed by atoms with Crippen LogP contribution in [-0.2, 0) is 0 Å². The van der Waals surface area contributed by atoms with Gasteiger partial charge in [-0.3, -0.25) is 0 Å². The SMILES string of the molecule is [Br-].[Cl-].c1cc[n+](-[n+]2ccccc2)cc1. The summed E-state index contributed by atoms with van der Waals surface area (Å²) >= 11 is 0. The number of nitrogens with zero attached hydrogens (tertiary/aromatic N) is 2. The molecular weight excluding hydrogens is 263 g/mol. The summed E-state index contributed by atoms with van der Waals surface area (Å²) in [6, 6.07) is 12.0. The summed E-state index contributed by atoms with van der Waals surface area (Å²) in [5, 5.41) is 0. The Morgan fingerprint density at radius 2 is 0.786 bits per heavy atom. The van der Waals surface area contributed by atoms with Gasteiger partial charge in [-0.1, -0.05) is 0 Å². The normalized spacial score (nSPS) is 8.29. The molecule has 0 aromatic carbocycles. The standard InChI is InChI=1S/C10H10N2.BrH.ClH/c1-3-7-11(8-4-1)12-9-5-2-6-10-12;;/h1-10H;2*1H/q+2;;/p-2. The molecule has 0 aliphatic rings. The third-order valence-electron chi connectivity index (χ3n) is 1.67. The van der Waals surface area contributed by atoms with Gasteiger partial charge in [0.2, 0.25) is 24.8 Å². The Labute approximate surface area is 100.0 Å². The number of halogens is 2. The van der Waals surface area contributed by atoms with Crippen LogP contribution in [-0.4, -0.2) is 0 Å². The van der Waals surface area contributed by atoms with Gasteiger partial charge in [0.25, 0.3) is 0 Å². The summed E-state index contributed by atoms with van der Waals surface area (Å²) in [6.45, 7) is 0. The fraction of sp³-hybridized carbons (Fsp3) is 0. The van der Waals surface area contributed by atoms with Crippen LogP contribution < -0.4 is 38.7 Å². The van der Waals surface area contributed by atoms with Crippen molar-refractivity contribution in [2.75, 3.05) is 0 Å². The molecular formula is C10H10BrClN2. The molecule has 0 aliphatic heterocycles. The number of hydrogen-bond acceptors (Lipinski definition) is 0. The Hall–Kier alpha value is -0.930. The maximum atomic E-state index is 2.00. The zero-order valence-corrected chi connectivity index (χ0v) is 9.77. The summed E-state index contributed by atoms with van der Waals surface area (Å²) in [4.78, 5) is 0. The predicted octanol–water partition coefficient (Wildman–Crippen LogP) is -5.42. The molecule has 2 rings (SSSR count). The van der Waals surface area contributed by atoms with Crippen molar-refractivity contribution in [2.45, 2.75) is 0 Å². The molecule has 0 spiro atoms. The van der Waals surface area contributed by atoms with Crippen LogP contribution in [0, 0.1) is 0 Å². The monoisotopic (exact) mass is 272 g/mol. The van der Waals surface area contributed by atoms with Crippen molar-refractivity contribution in [3.63, 3.8) is 0 Å². The van der Waals surface area contributed by atoms with Crippen LogP contribution in [0.5, 0.6) is 0 Å².